The molecule has 11 heteroatoms. The minimum Gasteiger partial charge on any atom is -0.416 e. The van der Waals surface area contributed by atoms with Crippen molar-refractivity contribution in [1.82, 2.24) is 15.2 Å². The van der Waals surface area contributed by atoms with Crippen LogP contribution in [0.2, 0.25) is 0 Å². The monoisotopic (exact) mass is 452 g/mol. The number of amides is 1. The van der Waals surface area contributed by atoms with Crippen LogP contribution in [0.5, 0.6) is 0 Å². The van der Waals surface area contributed by atoms with Crippen LogP contribution in [0.25, 0.3) is 10.2 Å². The van der Waals surface area contributed by atoms with Crippen molar-refractivity contribution in [3.05, 3.63) is 30.2 Å². The van der Waals surface area contributed by atoms with Crippen molar-refractivity contribution < 1.29 is 17.6 Å². The van der Waals surface area contributed by atoms with Gasteiger partial charge in [0.1, 0.15) is 0 Å². The molecule has 1 amide bonds. The van der Waals surface area contributed by atoms with Crippen molar-refractivity contribution in [3.8, 4) is 0 Å². The molecule has 0 bridgehead atoms. The Hall–Kier alpha value is -1.98. The van der Waals surface area contributed by atoms with E-state index in [1.807, 2.05) is 31.2 Å². The Balaban J connectivity index is 1.35. The zero-order valence-electron chi connectivity index (χ0n) is 15.8. The number of nitrogens with zero attached hydrogens (tertiary/aromatic N) is 4. The standard InChI is InChI=1S/C18H20N4O4S3/c1-2-22(17-19-13-5-3-4-6-14(13)28-17)16(23)10-27-18-21-20-15(26-18)9-12-7-8-29(24,25)11-12/h3-6,12H,2,7-11H2,1H3. The highest BCUT2D eigenvalue weighted by atomic mass is 32.2. The molecule has 3 aromatic rings. The van der Waals surface area contributed by atoms with Crippen LogP contribution in [0.4, 0.5) is 5.13 Å². The molecule has 1 fully saturated rings. The average molecular weight is 453 g/mol. The Labute approximate surface area is 176 Å². The summed E-state index contributed by atoms with van der Waals surface area (Å²) in [6.45, 7) is 2.43. The third-order valence-electron chi connectivity index (χ3n) is 4.69. The first-order chi connectivity index (χ1) is 13.9. The molecule has 0 saturated carbocycles. The number of thioether (sulfide) groups is 1. The molecule has 1 saturated heterocycles. The lowest BCUT2D eigenvalue weighted by molar-refractivity contribution is -0.116. The quantitative estimate of drug-likeness (QED) is 0.504. The molecular formula is C18H20N4O4S3. The number of thiazole rings is 1. The van der Waals surface area contributed by atoms with Crippen molar-refractivity contribution in [2.45, 2.75) is 25.0 Å². The summed E-state index contributed by atoms with van der Waals surface area (Å²) in [5.41, 5.74) is 0.877. The number of para-hydroxylation sites is 1. The number of benzene rings is 1. The fourth-order valence-corrected chi connectivity index (χ4v) is 6.82. The molecule has 0 spiro atoms. The second-order valence-electron chi connectivity index (χ2n) is 6.83. The van der Waals surface area contributed by atoms with E-state index in [0.717, 1.165) is 10.2 Å². The second kappa shape index (κ2) is 8.41. The maximum Gasteiger partial charge on any atom is 0.277 e. The van der Waals surface area contributed by atoms with Gasteiger partial charge in [-0.25, -0.2) is 13.4 Å². The van der Waals surface area contributed by atoms with Crippen molar-refractivity contribution in [3.63, 3.8) is 0 Å². The second-order valence-corrected chi connectivity index (χ2v) is 11.0. The molecule has 8 nitrogen and oxygen atoms in total. The lowest BCUT2D eigenvalue weighted by Gasteiger charge is -2.16. The first kappa shape index (κ1) is 20.3. The summed E-state index contributed by atoms with van der Waals surface area (Å²) in [5, 5.41) is 8.95. The predicted octanol–water partition coefficient (Wildman–Crippen LogP) is 2.80. The number of carbonyl (C=O) groups is 1. The summed E-state index contributed by atoms with van der Waals surface area (Å²) in [7, 11) is -2.93. The van der Waals surface area contributed by atoms with Gasteiger partial charge in [-0.15, -0.1) is 10.2 Å². The Morgan fingerprint density at radius 2 is 2.17 bits per heavy atom. The molecule has 1 aliphatic heterocycles. The van der Waals surface area contributed by atoms with Gasteiger partial charge in [0.15, 0.2) is 15.0 Å². The lowest BCUT2D eigenvalue weighted by atomic mass is 10.1. The molecule has 1 unspecified atom stereocenters. The van der Waals surface area contributed by atoms with Gasteiger partial charge in [-0.3, -0.25) is 9.69 Å². The van der Waals surface area contributed by atoms with Gasteiger partial charge >= 0.3 is 0 Å². The maximum atomic E-state index is 12.7. The molecule has 0 aliphatic carbocycles. The number of aromatic nitrogens is 3. The largest absolute Gasteiger partial charge is 0.416 e. The van der Waals surface area contributed by atoms with Gasteiger partial charge in [-0.1, -0.05) is 35.2 Å². The van der Waals surface area contributed by atoms with Crippen molar-refractivity contribution in [2.24, 2.45) is 5.92 Å². The van der Waals surface area contributed by atoms with E-state index in [1.54, 1.807) is 4.90 Å². The summed E-state index contributed by atoms with van der Waals surface area (Å²) in [6.07, 6.45) is 1.08. The van der Waals surface area contributed by atoms with Gasteiger partial charge in [-0.05, 0) is 31.4 Å². The molecule has 1 aliphatic rings. The van der Waals surface area contributed by atoms with E-state index in [4.69, 9.17) is 4.42 Å². The minimum absolute atomic E-state index is 0.0227. The zero-order valence-corrected chi connectivity index (χ0v) is 18.2. The number of carbonyl (C=O) groups excluding carboxylic acids is 1. The van der Waals surface area contributed by atoms with Crippen LogP contribution in [0.15, 0.2) is 33.9 Å². The predicted molar refractivity (Wildman–Crippen MR) is 113 cm³/mol. The summed E-state index contributed by atoms with van der Waals surface area (Å²) < 4.78 is 29.8. The number of hydrogen-bond donors (Lipinski definition) is 0. The Morgan fingerprint density at radius 3 is 2.90 bits per heavy atom. The Bertz CT molecular complexity index is 1090. The lowest BCUT2D eigenvalue weighted by Crippen LogP contribution is -2.32. The van der Waals surface area contributed by atoms with Gasteiger partial charge in [-0.2, -0.15) is 0 Å². The third kappa shape index (κ3) is 4.78. The summed E-state index contributed by atoms with van der Waals surface area (Å²) in [5.74, 6) is 0.904. The fraction of sp³-hybridized carbons (Fsp3) is 0.444. The van der Waals surface area contributed by atoms with Gasteiger partial charge in [0, 0.05) is 13.0 Å². The number of anilines is 1. The van der Waals surface area contributed by atoms with Crippen LogP contribution in [0.3, 0.4) is 0 Å². The molecule has 1 atom stereocenters. The van der Waals surface area contributed by atoms with Gasteiger partial charge < -0.3 is 4.42 Å². The molecule has 0 N–H and O–H groups in total. The van der Waals surface area contributed by atoms with E-state index >= 15 is 0 Å². The number of rotatable bonds is 7. The van der Waals surface area contributed by atoms with Crippen LogP contribution in [0, 0.1) is 5.92 Å². The van der Waals surface area contributed by atoms with Crippen LogP contribution < -0.4 is 4.90 Å². The Morgan fingerprint density at radius 1 is 1.34 bits per heavy atom. The van der Waals surface area contributed by atoms with Crippen LogP contribution in [-0.4, -0.2) is 53.3 Å². The Kier molecular flexibility index (Phi) is 5.88. The highest BCUT2D eigenvalue weighted by molar-refractivity contribution is 7.99. The highest BCUT2D eigenvalue weighted by Gasteiger charge is 2.29. The molecule has 154 valence electrons. The highest BCUT2D eigenvalue weighted by Crippen LogP contribution is 2.29. The molecule has 29 heavy (non-hydrogen) atoms. The SMILES string of the molecule is CCN(C(=O)CSc1nnc(CC2CCS(=O)(=O)C2)o1)c1nc2ccccc2s1. The van der Waals surface area contributed by atoms with Crippen molar-refractivity contribution >= 4 is 54.2 Å². The average Bonchev–Trinajstić information content (AvgIpc) is 3.39. The van der Waals surface area contributed by atoms with E-state index in [0.29, 0.717) is 35.6 Å². The summed E-state index contributed by atoms with van der Waals surface area (Å²) in [4.78, 5) is 18.9. The van der Waals surface area contributed by atoms with Crippen molar-refractivity contribution in [2.75, 3.05) is 28.7 Å². The fourth-order valence-electron chi connectivity index (χ4n) is 3.25. The van der Waals surface area contributed by atoms with Crippen LogP contribution in [-0.2, 0) is 21.1 Å². The van der Waals surface area contributed by atoms with Crippen LogP contribution >= 0.6 is 23.1 Å². The van der Waals surface area contributed by atoms with Gasteiger partial charge in [0.25, 0.3) is 5.22 Å². The molecule has 2 aromatic heterocycles. The maximum absolute atomic E-state index is 12.7. The first-order valence-corrected chi connectivity index (χ1v) is 12.9. The minimum atomic E-state index is -2.93. The van der Waals surface area contributed by atoms with E-state index < -0.39 is 9.84 Å². The first-order valence-electron chi connectivity index (χ1n) is 9.25. The summed E-state index contributed by atoms with van der Waals surface area (Å²) in [6, 6.07) is 7.79. The molecular weight excluding hydrogens is 432 g/mol. The summed E-state index contributed by atoms with van der Waals surface area (Å²) >= 11 is 2.67. The smallest absolute Gasteiger partial charge is 0.277 e. The van der Waals surface area contributed by atoms with E-state index in [-0.39, 0.29) is 29.1 Å². The van der Waals surface area contributed by atoms with Crippen LogP contribution in [0.1, 0.15) is 19.2 Å². The van der Waals surface area contributed by atoms with E-state index in [1.165, 1.54) is 23.1 Å². The molecule has 4 rings (SSSR count). The van der Waals surface area contributed by atoms with Gasteiger partial charge in [0.2, 0.25) is 11.8 Å². The number of fused-ring (bicyclic) bond motifs is 1. The van der Waals surface area contributed by atoms with E-state index in [2.05, 4.69) is 15.2 Å². The van der Waals surface area contributed by atoms with Gasteiger partial charge in [0.05, 0.1) is 27.5 Å². The molecule has 3 heterocycles. The third-order valence-corrected chi connectivity index (χ3v) is 8.39. The van der Waals surface area contributed by atoms with E-state index in [9.17, 15) is 13.2 Å². The number of hydrogen-bond acceptors (Lipinski definition) is 9. The normalized spacial score (nSPS) is 18.3. The molecule has 0 radical (unpaired) electrons. The molecule has 1 aromatic carbocycles. The topological polar surface area (TPSA) is 106 Å². The number of sulfone groups is 1. The van der Waals surface area contributed by atoms with Crippen molar-refractivity contribution in [1.29, 1.82) is 0 Å². The zero-order chi connectivity index (χ0) is 20.4.